The predicted molar refractivity (Wildman–Crippen MR) is 41.0 cm³/mol. The number of H-pyrrole nitrogens is 1. The standard InChI is InChI=1S/C7H5NO5/c9-5-1-4(7(12)13)8-2-3(5)6(10)11/h1-2H,(H,8,9)(H,10,11)(H,12,13). The lowest BCUT2D eigenvalue weighted by atomic mass is 10.2. The Balaban J connectivity index is 3.29. The molecular formula is C7H5NO5. The summed E-state index contributed by atoms with van der Waals surface area (Å²) in [6, 6.07) is 0.728. The number of aromatic carboxylic acids is 2. The third-order valence-corrected chi connectivity index (χ3v) is 1.37. The third kappa shape index (κ3) is 1.73. The highest BCUT2D eigenvalue weighted by Crippen LogP contribution is 1.93. The van der Waals surface area contributed by atoms with Gasteiger partial charge in [-0.15, -0.1) is 0 Å². The fourth-order valence-electron chi connectivity index (χ4n) is 0.762. The molecule has 6 nitrogen and oxygen atoms in total. The summed E-state index contributed by atoms with van der Waals surface area (Å²) in [7, 11) is 0. The van der Waals surface area contributed by atoms with E-state index in [9.17, 15) is 14.4 Å². The van der Waals surface area contributed by atoms with Gasteiger partial charge >= 0.3 is 11.9 Å². The average Bonchev–Trinajstić information content (AvgIpc) is 2.03. The summed E-state index contributed by atoms with van der Waals surface area (Å²) in [5.74, 6) is -2.70. The van der Waals surface area contributed by atoms with Crippen LogP contribution in [0.5, 0.6) is 0 Å². The van der Waals surface area contributed by atoms with Gasteiger partial charge in [0.05, 0.1) is 0 Å². The van der Waals surface area contributed by atoms with Crippen molar-refractivity contribution in [1.82, 2.24) is 4.98 Å². The Morgan fingerprint density at radius 3 is 2.23 bits per heavy atom. The summed E-state index contributed by atoms with van der Waals surface area (Å²) in [6.45, 7) is 0. The molecule has 1 aromatic heterocycles. The lowest BCUT2D eigenvalue weighted by Crippen LogP contribution is -2.17. The number of carboxylic acid groups (broad SMARTS) is 2. The van der Waals surface area contributed by atoms with E-state index in [-0.39, 0.29) is 5.69 Å². The first-order valence-corrected chi connectivity index (χ1v) is 3.21. The highest BCUT2D eigenvalue weighted by Gasteiger charge is 2.11. The minimum atomic E-state index is -1.39. The molecule has 0 amide bonds. The van der Waals surface area contributed by atoms with Crippen molar-refractivity contribution in [3.63, 3.8) is 0 Å². The second-order valence-electron chi connectivity index (χ2n) is 2.23. The number of pyridine rings is 1. The summed E-state index contributed by atoms with van der Waals surface area (Å²) in [6.07, 6.45) is 0.855. The van der Waals surface area contributed by atoms with Gasteiger partial charge in [0.1, 0.15) is 11.3 Å². The van der Waals surface area contributed by atoms with Crippen molar-refractivity contribution in [3.8, 4) is 0 Å². The van der Waals surface area contributed by atoms with E-state index in [0.717, 1.165) is 12.3 Å². The zero-order valence-corrected chi connectivity index (χ0v) is 6.27. The third-order valence-electron chi connectivity index (χ3n) is 1.37. The second-order valence-corrected chi connectivity index (χ2v) is 2.23. The summed E-state index contributed by atoms with van der Waals surface area (Å²) in [5, 5.41) is 16.8. The van der Waals surface area contributed by atoms with Crippen LogP contribution in [0.25, 0.3) is 0 Å². The van der Waals surface area contributed by atoms with E-state index in [1.807, 2.05) is 0 Å². The van der Waals surface area contributed by atoms with Gasteiger partial charge in [-0.1, -0.05) is 0 Å². The van der Waals surface area contributed by atoms with E-state index in [2.05, 4.69) is 4.98 Å². The summed E-state index contributed by atoms with van der Waals surface area (Å²) < 4.78 is 0. The maximum atomic E-state index is 10.9. The molecular weight excluding hydrogens is 178 g/mol. The predicted octanol–water partition coefficient (Wildman–Crippen LogP) is -0.229. The molecule has 1 heterocycles. The van der Waals surface area contributed by atoms with Crippen LogP contribution in [0.1, 0.15) is 20.8 Å². The van der Waals surface area contributed by atoms with E-state index >= 15 is 0 Å². The summed E-state index contributed by atoms with van der Waals surface area (Å²) >= 11 is 0. The molecule has 6 heteroatoms. The number of carboxylic acids is 2. The number of aromatic amines is 1. The SMILES string of the molecule is O=C(O)c1cc(=O)c(C(=O)O)c[nH]1. The molecule has 0 aliphatic rings. The zero-order chi connectivity index (χ0) is 10.0. The fourth-order valence-corrected chi connectivity index (χ4v) is 0.762. The molecule has 0 saturated heterocycles. The van der Waals surface area contributed by atoms with Crippen LogP contribution in [-0.2, 0) is 0 Å². The van der Waals surface area contributed by atoms with Crippen LogP contribution < -0.4 is 5.43 Å². The van der Waals surface area contributed by atoms with Gasteiger partial charge < -0.3 is 15.2 Å². The van der Waals surface area contributed by atoms with Gasteiger partial charge in [0.2, 0.25) is 0 Å². The first-order chi connectivity index (χ1) is 6.02. The Bertz CT molecular complexity index is 419. The summed E-state index contributed by atoms with van der Waals surface area (Å²) in [5.41, 5.74) is -1.65. The molecule has 3 N–H and O–H groups in total. The smallest absolute Gasteiger partial charge is 0.352 e. The molecule has 0 fully saturated rings. The van der Waals surface area contributed by atoms with Crippen molar-refractivity contribution >= 4 is 11.9 Å². The van der Waals surface area contributed by atoms with Crippen molar-refractivity contribution in [1.29, 1.82) is 0 Å². The lowest BCUT2D eigenvalue weighted by molar-refractivity contribution is 0.0674. The van der Waals surface area contributed by atoms with Gasteiger partial charge in [-0.25, -0.2) is 9.59 Å². The first kappa shape index (κ1) is 8.98. The normalized spacial score (nSPS) is 9.54. The van der Waals surface area contributed by atoms with Gasteiger partial charge in [-0.3, -0.25) is 4.79 Å². The molecule has 68 valence electrons. The van der Waals surface area contributed by atoms with E-state index in [1.54, 1.807) is 0 Å². The van der Waals surface area contributed by atoms with E-state index < -0.39 is 22.9 Å². The highest BCUT2D eigenvalue weighted by molar-refractivity contribution is 5.89. The molecule has 1 rings (SSSR count). The van der Waals surface area contributed by atoms with Crippen LogP contribution in [-0.4, -0.2) is 27.1 Å². The van der Waals surface area contributed by atoms with Crippen LogP contribution >= 0.6 is 0 Å². The monoisotopic (exact) mass is 183 g/mol. The molecule has 0 unspecified atom stereocenters. The maximum Gasteiger partial charge on any atom is 0.352 e. The second kappa shape index (κ2) is 3.10. The molecule has 0 bridgehead atoms. The highest BCUT2D eigenvalue weighted by atomic mass is 16.4. The molecule has 0 aliphatic carbocycles. The van der Waals surface area contributed by atoms with Crippen molar-refractivity contribution in [2.75, 3.05) is 0 Å². The van der Waals surface area contributed by atoms with Gasteiger partial charge in [0.15, 0.2) is 5.43 Å². The number of aromatic nitrogens is 1. The average molecular weight is 183 g/mol. The van der Waals surface area contributed by atoms with Gasteiger partial charge in [0.25, 0.3) is 0 Å². The van der Waals surface area contributed by atoms with E-state index in [4.69, 9.17) is 10.2 Å². The van der Waals surface area contributed by atoms with Crippen LogP contribution in [0.3, 0.4) is 0 Å². The van der Waals surface area contributed by atoms with Gasteiger partial charge in [0, 0.05) is 12.3 Å². The molecule has 0 aromatic carbocycles. The Kier molecular flexibility index (Phi) is 2.14. The minimum absolute atomic E-state index is 0.338. The van der Waals surface area contributed by atoms with Crippen molar-refractivity contribution < 1.29 is 19.8 Å². The fraction of sp³-hybridized carbons (Fsp3) is 0. The summed E-state index contributed by atoms with van der Waals surface area (Å²) in [4.78, 5) is 33.8. The molecule has 0 spiro atoms. The molecule has 1 aromatic rings. The largest absolute Gasteiger partial charge is 0.477 e. The van der Waals surface area contributed by atoms with Crippen LogP contribution in [0.4, 0.5) is 0 Å². The maximum absolute atomic E-state index is 10.9. The molecule has 0 saturated carbocycles. The number of nitrogens with one attached hydrogen (secondary N) is 1. The zero-order valence-electron chi connectivity index (χ0n) is 6.27. The Morgan fingerprint density at radius 1 is 1.23 bits per heavy atom. The lowest BCUT2D eigenvalue weighted by Gasteiger charge is -1.95. The molecule has 0 aliphatic heterocycles. The molecule has 0 radical (unpaired) electrons. The number of carbonyl (C=O) groups is 2. The Hall–Kier alpha value is -2.11. The number of hydrogen-bond donors (Lipinski definition) is 3. The first-order valence-electron chi connectivity index (χ1n) is 3.21. The van der Waals surface area contributed by atoms with Crippen LogP contribution in [0, 0.1) is 0 Å². The van der Waals surface area contributed by atoms with Crippen molar-refractivity contribution in [2.24, 2.45) is 0 Å². The number of hydrogen-bond acceptors (Lipinski definition) is 3. The van der Waals surface area contributed by atoms with Crippen LogP contribution in [0.15, 0.2) is 17.1 Å². The van der Waals surface area contributed by atoms with E-state index in [0.29, 0.717) is 0 Å². The number of rotatable bonds is 2. The van der Waals surface area contributed by atoms with Crippen LogP contribution in [0.2, 0.25) is 0 Å². The van der Waals surface area contributed by atoms with E-state index in [1.165, 1.54) is 0 Å². The quantitative estimate of drug-likeness (QED) is 0.587. The van der Waals surface area contributed by atoms with Crippen molar-refractivity contribution in [3.05, 3.63) is 33.7 Å². The van der Waals surface area contributed by atoms with Gasteiger partial charge in [-0.2, -0.15) is 0 Å². The Morgan fingerprint density at radius 2 is 1.85 bits per heavy atom. The minimum Gasteiger partial charge on any atom is -0.477 e. The Labute approximate surface area is 71.5 Å². The topological polar surface area (TPSA) is 107 Å². The molecule has 0 atom stereocenters. The molecule has 13 heavy (non-hydrogen) atoms. The van der Waals surface area contributed by atoms with Gasteiger partial charge in [-0.05, 0) is 0 Å². The van der Waals surface area contributed by atoms with Crippen molar-refractivity contribution in [2.45, 2.75) is 0 Å².